The number of carbonyl (C=O) groups excluding carboxylic acids is 1. The van der Waals surface area contributed by atoms with Gasteiger partial charge in [0.25, 0.3) is 11.5 Å². The van der Waals surface area contributed by atoms with Crippen LogP contribution < -0.4 is 20.9 Å². The highest BCUT2D eigenvalue weighted by atomic mass is 19.4. The standard InChI is InChI=1S/C17H18N4O3.C2HF3O2/c22-15-8-13(20-16(21-15)11-2-3-11)17(23)19-9-10-1-4-12-14(7-10)24-6-5-18-12;3-2(4,5)1(6)7/h1,4,7-8,11,18H,2-3,5-6,9H2,(H,19,23)(H,20,21,22);(H,6,7). The van der Waals surface area contributed by atoms with Crippen molar-refractivity contribution in [2.75, 3.05) is 18.5 Å². The number of carboxylic acid groups (broad SMARTS) is 1. The van der Waals surface area contributed by atoms with E-state index >= 15 is 0 Å². The molecule has 1 saturated carbocycles. The van der Waals surface area contributed by atoms with Crippen LogP contribution in [0.3, 0.4) is 0 Å². The maximum absolute atomic E-state index is 12.3. The van der Waals surface area contributed by atoms with Crippen molar-refractivity contribution in [3.05, 3.63) is 51.7 Å². The molecule has 1 aromatic heterocycles. The van der Waals surface area contributed by atoms with Crippen molar-refractivity contribution in [1.82, 2.24) is 15.3 Å². The highest BCUT2D eigenvalue weighted by Gasteiger charge is 2.38. The number of carbonyl (C=O) groups is 2. The first-order chi connectivity index (χ1) is 14.6. The molecule has 0 saturated heterocycles. The number of aliphatic carboxylic acids is 1. The summed E-state index contributed by atoms with van der Waals surface area (Å²) in [5.74, 6) is -1.41. The van der Waals surface area contributed by atoms with E-state index in [1.54, 1.807) is 0 Å². The van der Waals surface area contributed by atoms with Crippen molar-refractivity contribution in [3.63, 3.8) is 0 Å². The Morgan fingerprint density at radius 3 is 2.61 bits per heavy atom. The Labute approximate surface area is 173 Å². The van der Waals surface area contributed by atoms with Crippen LogP contribution in [0, 0.1) is 0 Å². The Morgan fingerprint density at radius 2 is 1.97 bits per heavy atom. The number of hydrogen-bond acceptors (Lipinski definition) is 6. The number of anilines is 1. The van der Waals surface area contributed by atoms with Crippen LogP contribution in [-0.2, 0) is 11.3 Å². The number of nitrogens with one attached hydrogen (secondary N) is 3. The average molecular weight is 440 g/mol. The molecule has 0 atom stereocenters. The molecule has 9 nitrogen and oxygen atoms in total. The van der Waals surface area contributed by atoms with Gasteiger partial charge in [-0.15, -0.1) is 0 Å². The third-order valence-corrected chi connectivity index (χ3v) is 4.37. The summed E-state index contributed by atoms with van der Waals surface area (Å²) in [4.78, 5) is 39.8. The lowest BCUT2D eigenvalue weighted by molar-refractivity contribution is -0.192. The topological polar surface area (TPSA) is 133 Å². The molecule has 4 N–H and O–H groups in total. The number of H-pyrrole nitrogens is 1. The predicted octanol–water partition coefficient (Wildman–Crippen LogP) is 2.01. The summed E-state index contributed by atoms with van der Waals surface area (Å²) in [7, 11) is 0. The Morgan fingerprint density at radius 1 is 1.26 bits per heavy atom. The van der Waals surface area contributed by atoms with Gasteiger partial charge >= 0.3 is 12.1 Å². The number of aromatic nitrogens is 2. The molecule has 0 spiro atoms. The lowest BCUT2D eigenvalue weighted by Crippen LogP contribution is -2.26. The van der Waals surface area contributed by atoms with E-state index in [0.29, 0.717) is 19.0 Å². The normalized spacial score (nSPS) is 14.8. The first kappa shape index (κ1) is 22.1. The third kappa shape index (κ3) is 6.20. The average Bonchev–Trinajstić information content (AvgIpc) is 3.56. The number of rotatable bonds is 4. The maximum atomic E-state index is 12.3. The summed E-state index contributed by atoms with van der Waals surface area (Å²) in [6, 6.07) is 7.01. The zero-order chi connectivity index (χ0) is 22.6. The van der Waals surface area contributed by atoms with Crippen molar-refractivity contribution in [2.24, 2.45) is 0 Å². The van der Waals surface area contributed by atoms with Crippen molar-refractivity contribution in [3.8, 4) is 5.75 Å². The molecule has 2 aromatic rings. The van der Waals surface area contributed by atoms with Gasteiger partial charge in [0.2, 0.25) is 0 Å². The second-order valence-electron chi connectivity index (χ2n) is 6.88. The second kappa shape index (κ2) is 9.06. The van der Waals surface area contributed by atoms with E-state index < -0.39 is 12.1 Å². The van der Waals surface area contributed by atoms with Crippen LogP contribution >= 0.6 is 0 Å². The van der Waals surface area contributed by atoms with Gasteiger partial charge in [0.1, 0.15) is 23.9 Å². The number of nitrogens with zero attached hydrogens (tertiary/aromatic N) is 1. The molecule has 1 fully saturated rings. The van der Waals surface area contributed by atoms with E-state index in [1.165, 1.54) is 6.07 Å². The van der Waals surface area contributed by atoms with Gasteiger partial charge in [0.05, 0.1) is 5.69 Å². The Hall–Kier alpha value is -3.57. The second-order valence-corrected chi connectivity index (χ2v) is 6.88. The van der Waals surface area contributed by atoms with Crippen molar-refractivity contribution >= 4 is 17.6 Å². The smallest absolute Gasteiger partial charge is 0.490 e. The van der Waals surface area contributed by atoms with Gasteiger partial charge in [-0.1, -0.05) is 6.07 Å². The third-order valence-electron chi connectivity index (χ3n) is 4.37. The molecule has 12 heteroatoms. The summed E-state index contributed by atoms with van der Waals surface area (Å²) in [6.45, 7) is 1.77. The van der Waals surface area contributed by atoms with Crippen molar-refractivity contribution in [1.29, 1.82) is 0 Å². The van der Waals surface area contributed by atoms with Gasteiger partial charge in [-0.3, -0.25) is 9.59 Å². The minimum absolute atomic E-state index is 0.163. The molecule has 166 valence electrons. The van der Waals surface area contributed by atoms with Crippen LogP contribution in [0.25, 0.3) is 0 Å². The fourth-order valence-electron chi connectivity index (χ4n) is 2.70. The number of halogens is 3. The fraction of sp³-hybridized carbons (Fsp3) is 0.368. The number of benzene rings is 1. The summed E-state index contributed by atoms with van der Waals surface area (Å²) in [5, 5.41) is 13.2. The van der Waals surface area contributed by atoms with E-state index in [2.05, 4.69) is 20.6 Å². The molecule has 1 aliphatic carbocycles. The molecular formula is C19H19F3N4O5. The molecule has 1 aliphatic heterocycles. The molecule has 31 heavy (non-hydrogen) atoms. The zero-order valence-corrected chi connectivity index (χ0v) is 16.1. The highest BCUT2D eigenvalue weighted by Crippen LogP contribution is 2.37. The van der Waals surface area contributed by atoms with Crippen molar-refractivity contribution in [2.45, 2.75) is 31.5 Å². The molecule has 0 bridgehead atoms. The summed E-state index contributed by atoms with van der Waals surface area (Å²) in [6.07, 6.45) is -3.06. The van der Waals surface area contributed by atoms with Gasteiger partial charge in [-0.05, 0) is 30.5 Å². The van der Waals surface area contributed by atoms with Crippen LogP contribution in [0.1, 0.15) is 40.6 Å². The lowest BCUT2D eigenvalue weighted by Gasteiger charge is -2.19. The van der Waals surface area contributed by atoms with E-state index in [-0.39, 0.29) is 23.1 Å². The Balaban J connectivity index is 0.000000339. The van der Waals surface area contributed by atoms with E-state index in [9.17, 15) is 22.8 Å². The number of amides is 1. The highest BCUT2D eigenvalue weighted by molar-refractivity contribution is 5.92. The molecule has 0 unspecified atom stereocenters. The van der Waals surface area contributed by atoms with Gasteiger partial charge < -0.3 is 25.5 Å². The molecule has 2 aliphatic rings. The number of carboxylic acids is 1. The van der Waals surface area contributed by atoms with Gasteiger partial charge in [-0.2, -0.15) is 13.2 Å². The van der Waals surface area contributed by atoms with Crippen LogP contribution in [0.5, 0.6) is 5.75 Å². The molecule has 1 amide bonds. The zero-order valence-electron chi connectivity index (χ0n) is 16.1. The predicted molar refractivity (Wildman–Crippen MR) is 102 cm³/mol. The first-order valence-electron chi connectivity index (χ1n) is 9.32. The molecule has 4 rings (SSSR count). The van der Waals surface area contributed by atoms with Crippen LogP contribution in [0.15, 0.2) is 29.1 Å². The van der Waals surface area contributed by atoms with Crippen molar-refractivity contribution < 1.29 is 32.6 Å². The minimum atomic E-state index is -5.08. The van der Waals surface area contributed by atoms with Crippen LogP contribution in [0.4, 0.5) is 18.9 Å². The Kier molecular flexibility index (Phi) is 6.47. The lowest BCUT2D eigenvalue weighted by atomic mass is 10.1. The Bertz CT molecular complexity index is 1030. The summed E-state index contributed by atoms with van der Waals surface area (Å²) < 4.78 is 37.3. The minimum Gasteiger partial charge on any atom is -0.490 e. The fourth-order valence-corrected chi connectivity index (χ4v) is 2.70. The molecule has 0 radical (unpaired) electrons. The maximum Gasteiger partial charge on any atom is 0.490 e. The quantitative estimate of drug-likeness (QED) is 0.572. The number of ether oxygens (including phenoxy) is 1. The van der Waals surface area contributed by atoms with Crippen LogP contribution in [0.2, 0.25) is 0 Å². The van der Waals surface area contributed by atoms with Gasteiger partial charge in [0.15, 0.2) is 0 Å². The summed E-state index contributed by atoms with van der Waals surface area (Å²) >= 11 is 0. The molecule has 1 aromatic carbocycles. The number of fused-ring (bicyclic) bond motifs is 1. The number of hydrogen-bond donors (Lipinski definition) is 4. The number of aromatic amines is 1. The van der Waals surface area contributed by atoms with E-state index in [4.69, 9.17) is 14.6 Å². The van der Waals surface area contributed by atoms with E-state index in [0.717, 1.165) is 36.4 Å². The largest absolute Gasteiger partial charge is 0.490 e. The molecule has 2 heterocycles. The van der Waals surface area contributed by atoms with E-state index in [1.807, 2.05) is 18.2 Å². The monoisotopic (exact) mass is 440 g/mol. The van der Waals surface area contributed by atoms with Gasteiger partial charge in [0, 0.05) is 25.1 Å². The van der Waals surface area contributed by atoms with Crippen LogP contribution in [-0.4, -0.2) is 46.3 Å². The summed E-state index contributed by atoms with van der Waals surface area (Å²) in [5.41, 5.74) is 1.77. The molecular weight excluding hydrogens is 421 g/mol. The SMILES string of the molecule is O=C(NCc1ccc2c(c1)OCCN2)c1cc(=O)[nH]c(C2CC2)n1.O=C(O)C(F)(F)F. The first-order valence-corrected chi connectivity index (χ1v) is 9.32. The van der Waals surface area contributed by atoms with Gasteiger partial charge in [-0.25, -0.2) is 9.78 Å². The number of alkyl halides is 3.